The number of rotatable bonds is 3. The summed E-state index contributed by atoms with van der Waals surface area (Å²) in [5.41, 5.74) is 4.24. The Morgan fingerprint density at radius 2 is 1.88 bits per heavy atom. The Hall–Kier alpha value is -2.61. The van der Waals surface area contributed by atoms with Gasteiger partial charge >= 0.3 is 0 Å². The van der Waals surface area contributed by atoms with E-state index in [1.807, 2.05) is 36.4 Å². The zero-order chi connectivity index (χ0) is 18.2. The second kappa shape index (κ2) is 9.03. The Kier molecular flexibility index (Phi) is 6.76. The van der Waals surface area contributed by atoms with Crippen molar-refractivity contribution in [3.63, 3.8) is 0 Å². The van der Waals surface area contributed by atoms with E-state index < -0.39 is 0 Å². The summed E-state index contributed by atoms with van der Waals surface area (Å²) in [7, 11) is 0. The molecule has 0 spiro atoms. The standard InChI is InChI=1S/C20H18O2.C3H8/c1-3-18-19(16-12-8-7-9-14(16)2)20(21)17(13-22-18)15-10-5-4-6-11-15;1-3-2/h3-6,8,10-13H,1,7,9H2,2H3;3H2,1-2H3. The van der Waals surface area contributed by atoms with E-state index in [-0.39, 0.29) is 5.43 Å². The third-order valence-electron chi connectivity index (χ3n) is 3.99. The molecule has 0 fully saturated rings. The van der Waals surface area contributed by atoms with Gasteiger partial charge in [-0.05, 0) is 37.0 Å². The van der Waals surface area contributed by atoms with Gasteiger partial charge in [-0.3, -0.25) is 4.79 Å². The summed E-state index contributed by atoms with van der Waals surface area (Å²) in [5.74, 6) is 0.533. The number of hydrogen-bond donors (Lipinski definition) is 0. The molecule has 1 aliphatic rings. The largest absolute Gasteiger partial charge is 0.463 e. The van der Waals surface area contributed by atoms with Gasteiger partial charge in [0.15, 0.2) is 0 Å². The molecule has 2 aromatic rings. The van der Waals surface area contributed by atoms with Crippen LogP contribution in [-0.2, 0) is 0 Å². The Bertz CT molecular complexity index is 836. The second-order valence-corrected chi connectivity index (χ2v) is 6.13. The van der Waals surface area contributed by atoms with Gasteiger partial charge < -0.3 is 4.42 Å². The van der Waals surface area contributed by atoms with E-state index in [9.17, 15) is 4.79 Å². The highest BCUT2D eigenvalue weighted by Gasteiger charge is 2.18. The van der Waals surface area contributed by atoms with Crippen LogP contribution in [0.15, 0.2) is 70.1 Å². The fourth-order valence-electron chi connectivity index (χ4n) is 2.78. The van der Waals surface area contributed by atoms with E-state index in [0.29, 0.717) is 16.9 Å². The summed E-state index contributed by atoms with van der Waals surface area (Å²) in [6.07, 6.45) is 10.5. The molecular weight excluding hydrogens is 308 g/mol. The maximum absolute atomic E-state index is 13.0. The first-order valence-electron chi connectivity index (χ1n) is 8.84. The van der Waals surface area contributed by atoms with E-state index in [0.717, 1.165) is 24.0 Å². The fourth-order valence-corrected chi connectivity index (χ4v) is 2.78. The first-order chi connectivity index (χ1) is 12.1. The Labute approximate surface area is 150 Å². The van der Waals surface area contributed by atoms with Crippen LogP contribution in [0.25, 0.3) is 22.8 Å². The van der Waals surface area contributed by atoms with E-state index in [1.54, 1.807) is 6.08 Å². The van der Waals surface area contributed by atoms with Crippen LogP contribution < -0.4 is 5.43 Å². The fraction of sp³-hybridized carbons (Fsp3) is 0.261. The lowest BCUT2D eigenvalue weighted by molar-refractivity contribution is 0.538. The molecule has 0 unspecified atom stereocenters. The predicted molar refractivity (Wildman–Crippen MR) is 107 cm³/mol. The van der Waals surface area contributed by atoms with Crippen molar-refractivity contribution < 1.29 is 4.42 Å². The van der Waals surface area contributed by atoms with Gasteiger partial charge in [0.2, 0.25) is 5.43 Å². The van der Waals surface area contributed by atoms with Crippen molar-refractivity contribution in [1.29, 1.82) is 0 Å². The molecule has 0 radical (unpaired) electrons. The zero-order valence-electron chi connectivity index (χ0n) is 15.3. The number of allylic oxidation sites excluding steroid dienone is 4. The summed E-state index contributed by atoms with van der Waals surface area (Å²) in [6.45, 7) is 10.1. The molecule has 25 heavy (non-hydrogen) atoms. The summed E-state index contributed by atoms with van der Waals surface area (Å²) in [6, 6.07) is 9.60. The minimum Gasteiger partial charge on any atom is -0.463 e. The topological polar surface area (TPSA) is 30.2 Å². The van der Waals surface area contributed by atoms with Crippen LogP contribution >= 0.6 is 0 Å². The monoisotopic (exact) mass is 334 g/mol. The molecule has 2 heteroatoms. The Morgan fingerprint density at radius 3 is 2.48 bits per heavy atom. The maximum atomic E-state index is 13.0. The minimum atomic E-state index is -0.00625. The molecule has 0 N–H and O–H groups in total. The lowest BCUT2D eigenvalue weighted by Gasteiger charge is -2.14. The average molecular weight is 334 g/mol. The zero-order valence-corrected chi connectivity index (χ0v) is 15.3. The molecule has 0 saturated carbocycles. The van der Waals surface area contributed by atoms with Gasteiger partial charge in [0.25, 0.3) is 0 Å². The molecule has 2 nitrogen and oxygen atoms in total. The molecular formula is C23H26O2. The highest BCUT2D eigenvalue weighted by atomic mass is 16.3. The van der Waals surface area contributed by atoms with Crippen molar-refractivity contribution in [3.8, 4) is 11.1 Å². The molecule has 1 heterocycles. The average Bonchev–Trinajstić information content (AvgIpc) is 2.63. The predicted octanol–water partition coefficient (Wildman–Crippen LogP) is 6.49. The Balaban J connectivity index is 0.000000701. The van der Waals surface area contributed by atoms with E-state index >= 15 is 0 Å². The molecule has 3 rings (SSSR count). The van der Waals surface area contributed by atoms with Crippen LogP contribution in [0.4, 0.5) is 0 Å². The maximum Gasteiger partial charge on any atom is 0.201 e. The van der Waals surface area contributed by atoms with Crippen molar-refractivity contribution in [3.05, 3.63) is 82.4 Å². The third-order valence-corrected chi connectivity index (χ3v) is 3.99. The molecule has 0 amide bonds. The van der Waals surface area contributed by atoms with Crippen LogP contribution in [0.2, 0.25) is 0 Å². The quantitative estimate of drug-likeness (QED) is 0.642. The lowest BCUT2D eigenvalue weighted by Crippen LogP contribution is -2.13. The second-order valence-electron chi connectivity index (χ2n) is 6.13. The van der Waals surface area contributed by atoms with E-state index in [4.69, 9.17) is 4.42 Å². The summed E-state index contributed by atoms with van der Waals surface area (Å²) in [4.78, 5) is 13.0. The van der Waals surface area contributed by atoms with Crippen LogP contribution in [0.3, 0.4) is 0 Å². The summed E-state index contributed by atoms with van der Waals surface area (Å²) < 4.78 is 5.69. The van der Waals surface area contributed by atoms with E-state index in [1.165, 1.54) is 18.3 Å². The Morgan fingerprint density at radius 1 is 1.20 bits per heavy atom. The first-order valence-corrected chi connectivity index (χ1v) is 8.84. The van der Waals surface area contributed by atoms with Crippen LogP contribution in [0.1, 0.15) is 51.4 Å². The van der Waals surface area contributed by atoms with Crippen molar-refractivity contribution in [1.82, 2.24) is 0 Å². The van der Waals surface area contributed by atoms with Gasteiger partial charge in [0.05, 0.1) is 11.1 Å². The minimum absolute atomic E-state index is 0.00625. The summed E-state index contributed by atoms with van der Waals surface area (Å²) >= 11 is 0. The molecule has 1 aliphatic carbocycles. The molecule has 0 saturated heterocycles. The number of hydrogen-bond acceptors (Lipinski definition) is 2. The van der Waals surface area contributed by atoms with Crippen molar-refractivity contribution in [2.24, 2.45) is 0 Å². The smallest absolute Gasteiger partial charge is 0.201 e. The summed E-state index contributed by atoms with van der Waals surface area (Å²) in [5, 5.41) is 0. The molecule has 0 atom stereocenters. The SMILES string of the molecule is C=Cc1occ(-c2ccccc2)c(=O)c1C1=C(C)CCC=C1.CCC. The normalized spacial score (nSPS) is 13.2. The van der Waals surface area contributed by atoms with Crippen molar-refractivity contribution in [2.75, 3.05) is 0 Å². The first kappa shape index (κ1) is 18.7. The van der Waals surface area contributed by atoms with E-state index in [2.05, 4.69) is 33.4 Å². The highest BCUT2D eigenvalue weighted by molar-refractivity contribution is 5.83. The van der Waals surface area contributed by atoms with Crippen molar-refractivity contribution in [2.45, 2.75) is 40.0 Å². The van der Waals surface area contributed by atoms with Gasteiger partial charge in [0, 0.05) is 0 Å². The molecule has 130 valence electrons. The van der Waals surface area contributed by atoms with Crippen LogP contribution in [0, 0.1) is 0 Å². The van der Waals surface area contributed by atoms with Gasteiger partial charge in [0.1, 0.15) is 12.0 Å². The lowest BCUT2D eigenvalue weighted by atomic mass is 9.91. The van der Waals surface area contributed by atoms with Gasteiger partial charge in [-0.25, -0.2) is 0 Å². The van der Waals surface area contributed by atoms with Crippen LogP contribution in [0.5, 0.6) is 0 Å². The molecule has 0 aliphatic heterocycles. The molecule has 1 aromatic heterocycles. The molecule has 1 aromatic carbocycles. The van der Waals surface area contributed by atoms with Gasteiger partial charge in [-0.1, -0.05) is 74.9 Å². The van der Waals surface area contributed by atoms with Crippen molar-refractivity contribution >= 4 is 11.6 Å². The third kappa shape index (κ3) is 4.27. The molecule has 0 bridgehead atoms. The number of benzene rings is 1. The van der Waals surface area contributed by atoms with Crippen LogP contribution in [-0.4, -0.2) is 0 Å². The highest BCUT2D eigenvalue weighted by Crippen LogP contribution is 2.29. The van der Waals surface area contributed by atoms with Gasteiger partial charge in [-0.15, -0.1) is 0 Å². The van der Waals surface area contributed by atoms with Gasteiger partial charge in [-0.2, -0.15) is 0 Å².